The summed E-state index contributed by atoms with van der Waals surface area (Å²) < 4.78 is 5.75. The molecule has 2 saturated carbocycles. The summed E-state index contributed by atoms with van der Waals surface area (Å²) in [5, 5.41) is 3.07. The molecule has 0 aliphatic heterocycles. The molecule has 3 nitrogen and oxygen atoms in total. The Balaban J connectivity index is 1.51. The van der Waals surface area contributed by atoms with Crippen LogP contribution >= 0.6 is 0 Å². The second-order valence-corrected chi connectivity index (χ2v) is 6.24. The lowest BCUT2D eigenvalue weighted by atomic mass is 9.95. The van der Waals surface area contributed by atoms with E-state index in [0.29, 0.717) is 12.0 Å². The molecule has 0 radical (unpaired) electrons. The molecule has 2 aliphatic carbocycles. The number of rotatable bonds is 4. The zero-order chi connectivity index (χ0) is 13.9. The number of carbonyl (C=O) groups excluding carboxylic acids is 1. The highest BCUT2D eigenvalue weighted by Crippen LogP contribution is 2.47. The van der Waals surface area contributed by atoms with Gasteiger partial charge in [0, 0.05) is 18.0 Å². The van der Waals surface area contributed by atoms with Gasteiger partial charge in [-0.3, -0.25) is 4.79 Å². The summed E-state index contributed by atoms with van der Waals surface area (Å²) in [6.07, 6.45) is 10.6. The third-order valence-corrected chi connectivity index (χ3v) is 4.47. The molecule has 2 fully saturated rings. The van der Waals surface area contributed by atoms with Crippen LogP contribution in [0.1, 0.15) is 62.9 Å². The summed E-state index contributed by atoms with van der Waals surface area (Å²) in [7, 11) is 0. The van der Waals surface area contributed by atoms with E-state index in [0.717, 1.165) is 30.3 Å². The first-order valence-electron chi connectivity index (χ1n) is 7.80. The Morgan fingerprint density at radius 2 is 2.05 bits per heavy atom. The van der Waals surface area contributed by atoms with Gasteiger partial charge in [-0.2, -0.15) is 0 Å². The average Bonchev–Trinajstić information content (AvgIpc) is 3.01. The predicted octanol–water partition coefficient (Wildman–Crippen LogP) is 3.87. The van der Waals surface area contributed by atoms with Gasteiger partial charge in [-0.15, -0.1) is 0 Å². The lowest BCUT2D eigenvalue weighted by Crippen LogP contribution is -2.34. The summed E-state index contributed by atoms with van der Waals surface area (Å²) in [5.41, 5.74) is 0. The lowest BCUT2D eigenvalue weighted by molar-refractivity contribution is -0.117. The zero-order valence-corrected chi connectivity index (χ0v) is 12.1. The minimum atomic E-state index is -0.00496. The molecule has 3 rings (SSSR count). The average molecular weight is 273 g/mol. The second-order valence-electron chi connectivity index (χ2n) is 6.24. The van der Waals surface area contributed by atoms with Gasteiger partial charge in [-0.25, -0.2) is 0 Å². The van der Waals surface area contributed by atoms with Gasteiger partial charge in [-0.05, 0) is 43.4 Å². The maximum atomic E-state index is 11.9. The Kier molecular flexibility index (Phi) is 3.95. The van der Waals surface area contributed by atoms with Crippen molar-refractivity contribution in [3.8, 4) is 0 Å². The molecule has 1 heterocycles. The van der Waals surface area contributed by atoms with Gasteiger partial charge in [0.15, 0.2) is 0 Å². The van der Waals surface area contributed by atoms with Gasteiger partial charge in [0.05, 0.1) is 0 Å². The summed E-state index contributed by atoms with van der Waals surface area (Å²) in [6, 6.07) is 4.35. The van der Waals surface area contributed by atoms with E-state index in [4.69, 9.17) is 4.42 Å². The molecule has 20 heavy (non-hydrogen) atoms. The van der Waals surface area contributed by atoms with Crippen LogP contribution in [0.25, 0.3) is 6.08 Å². The van der Waals surface area contributed by atoms with Crippen LogP contribution in [0.5, 0.6) is 0 Å². The fourth-order valence-corrected chi connectivity index (χ4v) is 3.03. The summed E-state index contributed by atoms with van der Waals surface area (Å²) in [5.74, 6) is 3.16. The lowest BCUT2D eigenvalue weighted by Gasteiger charge is -2.21. The van der Waals surface area contributed by atoms with Crippen molar-refractivity contribution in [2.24, 2.45) is 5.92 Å². The van der Waals surface area contributed by atoms with E-state index in [2.05, 4.69) is 12.2 Å². The zero-order valence-electron chi connectivity index (χ0n) is 12.1. The first-order valence-corrected chi connectivity index (χ1v) is 7.80. The minimum absolute atomic E-state index is 0.00496. The Bertz CT molecular complexity index is 497. The van der Waals surface area contributed by atoms with Gasteiger partial charge in [-0.1, -0.05) is 26.2 Å². The minimum Gasteiger partial charge on any atom is -0.461 e. The maximum Gasteiger partial charge on any atom is 0.244 e. The third-order valence-electron chi connectivity index (χ3n) is 4.47. The van der Waals surface area contributed by atoms with Crippen molar-refractivity contribution in [1.29, 1.82) is 0 Å². The predicted molar refractivity (Wildman–Crippen MR) is 79.3 cm³/mol. The van der Waals surface area contributed by atoms with Crippen LogP contribution in [0.4, 0.5) is 0 Å². The van der Waals surface area contributed by atoms with Crippen LogP contribution in [0.3, 0.4) is 0 Å². The molecular weight excluding hydrogens is 250 g/mol. The number of hydrogen-bond acceptors (Lipinski definition) is 2. The highest BCUT2D eigenvalue weighted by atomic mass is 16.3. The molecule has 0 spiro atoms. The van der Waals surface area contributed by atoms with E-state index in [1.165, 1.54) is 25.7 Å². The van der Waals surface area contributed by atoms with Crippen molar-refractivity contribution in [2.45, 2.75) is 57.4 Å². The molecule has 2 atom stereocenters. The van der Waals surface area contributed by atoms with Crippen LogP contribution in [-0.4, -0.2) is 11.9 Å². The summed E-state index contributed by atoms with van der Waals surface area (Å²) >= 11 is 0. The third kappa shape index (κ3) is 3.33. The van der Waals surface area contributed by atoms with E-state index >= 15 is 0 Å². The highest BCUT2D eigenvalue weighted by molar-refractivity contribution is 5.91. The Morgan fingerprint density at radius 3 is 2.75 bits per heavy atom. The Hall–Kier alpha value is -1.51. The molecule has 0 aromatic carbocycles. The van der Waals surface area contributed by atoms with Gasteiger partial charge in [0.1, 0.15) is 11.5 Å². The first-order chi connectivity index (χ1) is 9.72. The molecule has 0 unspecified atom stereocenters. The fourth-order valence-electron chi connectivity index (χ4n) is 3.03. The van der Waals surface area contributed by atoms with Crippen molar-refractivity contribution < 1.29 is 9.21 Å². The Morgan fingerprint density at radius 1 is 1.30 bits per heavy atom. The van der Waals surface area contributed by atoms with Gasteiger partial charge in [0.2, 0.25) is 5.91 Å². The number of furan rings is 1. The van der Waals surface area contributed by atoms with Crippen LogP contribution in [0.15, 0.2) is 22.6 Å². The van der Waals surface area contributed by atoms with Crippen molar-refractivity contribution in [3.63, 3.8) is 0 Å². The molecule has 1 amide bonds. The van der Waals surface area contributed by atoms with Crippen molar-refractivity contribution >= 4 is 12.0 Å². The molecule has 0 saturated heterocycles. The molecule has 1 aromatic heterocycles. The van der Waals surface area contributed by atoms with Gasteiger partial charge < -0.3 is 9.73 Å². The van der Waals surface area contributed by atoms with Gasteiger partial charge >= 0.3 is 0 Å². The normalized spacial score (nSPS) is 26.9. The van der Waals surface area contributed by atoms with E-state index in [-0.39, 0.29) is 5.91 Å². The van der Waals surface area contributed by atoms with Gasteiger partial charge in [0.25, 0.3) is 0 Å². The fraction of sp³-hybridized carbons (Fsp3) is 0.588. The standard InChI is InChI=1S/C17H23NO2/c1-12-11-15(12)16-9-7-14(20-16)8-10-17(19)18-13-5-3-2-4-6-13/h7-10,12-13,15H,2-6,11H2,1H3,(H,18,19)/b10-8+/t12-,15+/m1/s1. The largest absolute Gasteiger partial charge is 0.461 e. The smallest absolute Gasteiger partial charge is 0.244 e. The molecular formula is C17H23NO2. The van der Waals surface area contributed by atoms with Crippen molar-refractivity contribution in [2.75, 3.05) is 0 Å². The van der Waals surface area contributed by atoms with Crippen LogP contribution < -0.4 is 5.32 Å². The first kappa shape index (κ1) is 13.5. The van der Waals surface area contributed by atoms with Crippen LogP contribution in [-0.2, 0) is 4.79 Å². The van der Waals surface area contributed by atoms with E-state index in [1.807, 2.05) is 12.1 Å². The van der Waals surface area contributed by atoms with E-state index in [9.17, 15) is 4.79 Å². The maximum absolute atomic E-state index is 11.9. The summed E-state index contributed by atoms with van der Waals surface area (Å²) in [4.78, 5) is 11.9. The highest BCUT2D eigenvalue weighted by Gasteiger charge is 2.36. The van der Waals surface area contributed by atoms with E-state index in [1.54, 1.807) is 12.2 Å². The molecule has 1 aromatic rings. The van der Waals surface area contributed by atoms with Crippen molar-refractivity contribution in [1.82, 2.24) is 5.32 Å². The molecule has 0 bridgehead atoms. The number of carbonyl (C=O) groups is 1. The molecule has 1 N–H and O–H groups in total. The van der Waals surface area contributed by atoms with Crippen molar-refractivity contribution in [3.05, 3.63) is 29.7 Å². The Labute approximate surface area is 120 Å². The molecule has 108 valence electrons. The molecule has 2 aliphatic rings. The number of nitrogens with one attached hydrogen (secondary N) is 1. The van der Waals surface area contributed by atoms with Crippen LogP contribution in [0.2, 0.25) is 0 Å². The number of hydrogen-bond donors (Lipinski definition) is 1. The second kappa shape index (κ2) is 5.86. The monoisotopic (exact) mass is 273 g/mol. The SMILES string of the molecule is C[C@@H]1C[C@@H]1c1ccc(/C=C/C(=O)NC2CCCCC2)o1. The number of amides is 1. The summed E-state index contributed by atoms with van der Waals surface area (Å²) in [6.45, 7) is 2.24. The van der Waals surface area contributed by atoms with E-state index < -0.39 is 0 Å². The quantitative estimate of drug-likeness (QED) is 0.846. The topological polar surface area (TPSA) is 42.2 Å². The molecule has 3 heteroatoms. The van der Waals surface area contributed by atoms with Crippen LogP contribution in [0, 0.1) is 5.92 Å².